The molecular weight excluding hydrogens is 326 g/mol. The average Bonchev–Trinajstić information content (AvgIpc) is 2.59. The molecule has 0 unspecified atom stereocenters. The smallest absolute Gasteiger partial charge is 0.325 e. The lowest BCUT2D eigenvalue weighted by molar-refractivity contribution is -0.148. The van der Waals surface area contributed by atoms with Crippen molar-refractivity contribution >= 4 is 23.8 Å². The Morgan fingerprint density at radius 3 is 2.40 bits per heavy atom. The number of urea groups is 1. The van der Waals surface area contributed by atoms with Crippen LogP contribution in [0.25, 0.3) is 0 Å². The van der Waals surface area contributed by atoms with Crippen LogP contribution in [0.1, 0.15) is 25.3 Å². The number of amides is 4. The van der Waals surface area contributed by atoms with E-state index in [1.165, 1.54) is 0 Å². The molecule has 8 heteroatoms. The molecule has 0 aromatic heterocycles. The fourth-order valence-corrected chi connectivity index (χ4v) is 1.80. The molecule has 1 rings (SSSR count). The maximum atomic E-state index is 11.7. The van der Waals surface area contributed by atoms with Gasteiger partial charge < -0.3 is 15.4 Å². The second kappa shape index (κ2) is 11.6. The number of nitrogens with one attached hydrogen (secondary N) is 3. The quantitative estimate of drug-likeness (QED) is 0.444. The molecule has 3 N–H and O–H groups in total. The molecule has 25 heavy (non-hydrogen) atoms. The van der Waals surface area contributed by atoms with E-state index in [0.717, 1.165) is 18.4 Å². The number of esters is 1. The Morgan fingerprint density at radius 1 is 1.00 bits per heavy atom. The van der Waals surface area contributed by atoms with E-state index >= 15 is 0 Å². The van der Waals surface area contributed by atoms with Crippen LogP contribution >= 0.6 is 0 Å². The summed E-state index contributed by atoms with van der Waals surface area (Å²) in [5.41, 5.74) is 0.821. The maximum absolute atomic E-state index is 11.7. The van der Waals surface area contributed by atoms with Gasteiger partial charge in [0.2, 0.25) is 5.91 Å². The van der Waals surface area contributed by atoms with Crippen molar-refractivity contribution in [3.8, 4) is 0 Å². The van der Waals surface area contributed by atoms with E-state index in [2.05, 4.69) is 15.4 Å². The summed E-state index contributed by atoms with van der Waals surface area (Å²) in [6, 6.07) is 8.43. The third-order valence-corrected chi connectivity index (χ3v) is 3.07. The normalized spacial score (nSPS) is 9.80. The van der Waals surface area contributed by atoms with E-state index in [1.54, 1.807) is 12.1 Å². The van der Waals surface area contributed by atoms with Gasteiger partial charge in [0.05, 0.1) is 6.42 Å². The summed E-state index contributed by atoms with van der Waals surface area (Å²) < 4.78 is 4.69. The first-order valence-corrected chi connectivity index (χ1v) is 8.05. The molecule has 0 radical (unpaired) electrons. The summed E-state index contributed by atoms with van der Waals surface area (Å²) in [6.07, 6.45) is 1.87. The van der Waals surface area contributed by atoms with Gasteiger partial charge in [-0.15, -0.1) is 0 Å². The zero-order valence-electron chi connectivity index (χ0n) is 14.2. The number of ether oxygens (including phenoxy) is 1. The Hall–Kier alpha value is -2.90. The second-order valence-corrected chi connectivity index (χ2v) is 5.26. The Kier molecular flexibility index (Phi) is 9.35. The standard InChI is InChI=1S/C17H23N3O5/c1-2-3-9-18-17(24)20-15(22)12-25-16(23)11-19-14(21)10-13-7-5-4-6-8-13/h4-8H,2-3,9-12H2,1H3,(H,19,21)(H2,18,20,22,24). The first-order valence-electron chi connectivity index (χ1n) is 8.05. The molecule has 0 saturated carbocycles. The Bertz CT molecular complexity index is 589. The molecule has 0 fully saturated rings. The van der Waals surface area contributed by atoms with E-state index < -0.39 is 24.5 Å². The highest BCUT2D eigenvalue weighted by Crippen LogP contribution is 1.98. The van der Waals surface area contributed by atoms with Gasteiger partial charge in [0.15, 0.2) is 6.61 Å². The molecule has 8 nitrogen and oxygen atoms in total. The molecule has 0 saturated heterocycles. The van der Waals surface area contributed by atoms with Crippen LogP contribution in [0.5, 0.6) is 0 Å². The van der Waals surface area contributed by atoms with Gasteiger partial charge in [-0.25, -0.2) is 4.79 Å². The highest BCUT2D eigenvalue weighted by Gasteiger charge is 2.11. The minimum atomic E-state index is -0.761. The molecule has 4 amide bonds. The van der Waals surface area contributed by atoms with Crippen molar-refractivity contribution in [3.63, 3.8) is 0 Å². The van der Waals surface area contributed by atoms with Crippen molar-refractivity contribution in [3.05, 3.63) is 35.9 Å². The SMILES string of the molecule is CCCCNC(=O)NC(=O)COC(=O)CNC(=O)Cc1ccccc1. The van der Waals surface area contributed by atoms with E-state index in [4.69, 9.17) is 0 Å². The van der Waals surface area contributed by atoms with E-state index in [1.807, 2.05) is 30.4 Å². The molecule has 0 aliphatic heterocycles. The van der Waals surface area contributed by atoms with E-state index in [9.17, 15) is 19.2 Å². The first-order chi connectivity index (χ1) is 12.0. The van der Waals surface area contributed by atoms with Crippen LogP contribution in [0.15, 0.2) is 30.3 Å². The van der Waals surface area contributed by atoms with E-state index in [0.29, 0.717) is 6.54 Å². The number of hydrogen-bond acceptors (Lipinski definition) is 5. The molecule has 1 aromatic rings. The summed E-state index contributed by atoms with van der Waals surface area (Å²) >= 11 is 0. The van der Waals surface area contributed by atoms with Gasteiger partial charge in [-0.2, -0.15) is 0 Å². The number of carbonyl (C=O) groups excluding carboxylic acids is 4. The van der Waals surface area contributed by atoms with Crippen LogP contribution in [-0.4, -0.2) is 43.5 Å². The van der Waals surface area contributed by atoms with Crippen LogP contribution in [0.2, 0.25) is 0 Å². The van der Waals surface area contributed by atoms with Gasteiger partial charge in [0, 0.05) is 6.54 Å². The fraction of sp³-hybridized carbons (Fsp3) is 0.412. The molecule has 0 aliphatic rings. The molecule has 0 aliphatic carbocycles. The number of imide groups is 1. The molecular formula is C17H23N3O5. The second-order valence-electron chi connectivity index (χ2n) is 5.26. The topological polar surface area (TPSA) is 114 Å². The molecule has 136 valence electrons. The Morgan fingerprint density at radius 2 is 1.72 bits per heavy atom. The minimum absolute atomic E-state index is 0.145. The summed E-state index contributed by atoms with van der Waals surface area (Å²) in [5.74, 6) is -1.83. The van der Waals surface area contributed by atoms with Crippen LogP contribution in [0.3, 0.4) is 0 Å². The lowest BCUT2D eigenvalue weighted by atomic mass is 10.1. The number of benzene rings is 1. The highest BCUT2D eigenvalue weighted by molar-refractivity contribution is 5.95. The number of unbranched alkanes of at least 4 members (excludes halogenated alkanes) is 1. The Balaban J connectivity index is 2.16. The molecule has 0 bridgehead atoms. The van der Waals surface area contributed by atoms with Gasteiger partial charge in [0.25, 0.3) is 5.91 Å². The Labute approximate surface area is 146 Å². The van der Waals surface area contributed by atoms with Gasteiger partial charge in [-0.3, -0.25) is 19.7 Å². The lowest BCUT2D eigenvalue weighted by Crippen LogP contribution is -2.42. The zero-order chi connectivity index (χ0) is 18.5. The van der Waals surface area contributed by atoms with Crippen molar-refractivity contribution in [2.75, 3.05) is 19.7 Å². The van der Waals surface area contributed by atoms with E-state index in [-0.39, 0.29) is 18.9 Å². The minimum Gasteiger partial charge on any atom is -0.454 e. The van der Waals surface area contributed by atoms with Gasteiger partial charge >= 0.3 is 12.0 Å². The fourth-order valence-electron chi connectivity index (χ4n) is 1.80. The summed E-state index contributed by atoms with van der Waals surface area (Å²) in [5, 5.41) is 6.94. The van der Waals surface area contributed by atoms with Gasteiger partial charge in [-0.1, -0.05) is 43.7 Å². The summed E-state index contributed by atoms with van der Waals surface area (Å²) in [4.78, 5) is 45.9. The third kappa shape index (κ3) is 9.75. The summed E-state index contributed by atoms with van der Waals surface area (Å²) in [6.45, 7) is 1.50. The average molecular weight is 349 g/mol. The predicted molar refractivity (Wildman–Crippen MR) is 90.6 cm³/mol. The van der Waals surface area contributed by atoms with Crippen LogP contribution in [0, 0.1) is 0 Å². The zero-order valence-corrected chi connectivity index (χ0v) is 14.2. The van der Waals surface area contributed by atoms with Crippen LogP contribution in [0.4, 0.5) is 4.79 Å². The molecule has 1 aromatic carbocycles. The molecule has 0 atom stereocenters. The molecule has 0 heterocycles. The summed E-state index contributed by atoms with van der Waals surface area (Å²) in [7, 11) is 0. The highest BCUT2D eigenvalue weighted by atomic mass is 16.5. The molecule has 0 spiro atoms. The van der Waals surface area contributed by atoms with Crippen LogP contribution < -0.4 is 16.0 Å². The number of hydrogen-bond donors (Lipinski definition) is 3. The van der Waals surface area contributed by atoms with Crippen molar-refractivity contribution in [2.45, 2.75) is 26.2 Å². The van der Waals surface area contributed by atoms with Crippen LogP contribution in [-0.2, 0) is 25.5 Å². The predicted octanol–water partition coefficient (Wildman–Crippen LogP) is 0.514. The number of rotatable bonds is 9. The van der Waals surface area contributed by atoms with Crippen molar-refractivity contribution in [1.82, 2.24) is 16.0 Å². The van der Waals surface area contributed by atoms with Crippen molar-refractivity contribution < 1.29 is 23.9 Å². The van der Waals surface area contributed by atoms with Gasteiger partial charge in [0.1, 0.15) is 6.54 Å². The van der Waals surface area contributed by atoms with Crippen molar-refractivity contribution in [1.29, 1.82) is 0 Å². The lowest BCUT2D eigenvalue weighted by Gasteiger charge is -2.08. The van der Waals surface area contributed by atoms with Gasteiger partial charge in [-0.05, 0) is 12.0 Å². The monoisotopic (exact) mass is 349 g/mol. The van der Waals surface area contributed by atoms with Crippen molar-refractivity contribution in [2.24, 2.45) is 0 Å². The largest absolute Gasteiger partial charge is 0.454 e. The maximum Gasteiger partial charge on any atom is 0.325 e. The third-order valence-electron chi connectivity index (χ3n) is 3.07. The number of carbonyl (C=O) groups is 4. The first kappa shape index (κ1) is 20.1.